The summed E-state index contributed by atoms with van der Waals surface area (Å²) in [5.41, 5.74) is 3.37. The number of hydroxylamine groups is 1. The molecule has 0 saturated carbocycles. The summed E-state index contributed by atoms with van der Waals surface area (Å²) in [4.78, 5) is 8.62. The molecular weight excluding hydrogens is 509 g/mol. The average Bonchev–Trinajstić information content (AvgIpc) is 3.25. The van der Waals surface area contributed by atoms with E-state index >= 15 is 0 Å². The average molecular weight is 530 g/mol. The van der Waals surface area contributed by atoms with E-state index in [1.54, 1.807) is 19.1 Å². The van der Waals surface area contributed by atoms with Crippen LogP contribution >= 0.6 is 11.3 Å². The Morgan fingerprint density at radius 2 is 1.80 bits per heavy atom. The summed E-state index contributed by atoms with van der Waals surface area (Å²) in [5, 5.41) is 8.93. The maximum Gasteiger partial charge on any atom is 0.420 e. The number of benzene rings is 1. The van der Waals surface area contributed by atoms with Crippen LogP contribution in [0.4, 0.5) is 30.7 Å². The van der Waals surface area contributed by atoms with Crippen molar-refractivity contribution < 1.29 is 50.2 Å². The molecule has 2 N–H and O–H groups in total. The van der Waals surface area contributed by atoms with Crippen molar-refractivity contribution in [2.45, 2.75) is 44.8 Å². The van der Waals surface area contributed by atoms with Gasteiger partial charge in [-0.3, -0.25) is 10.3 Å². The summed E-state index contributed by atoms with van der Waals surface area (Å²) in [6, 6.07) is 3.33. The molecule has 0 spiro atoms. The smallest absolute Gasteiger partial charge is 0.420 e. The minimum atomic E-state index is -4.94. The van der Waals surface area contributed by atoms with Gasteiger partial charge in [0, 0.05) is 23.2 Å². The largest absolute Gasteiger partial charge is 0.431 e. The number of nitrogens with zero attached hydrogens (tertiary/aromatic N) is 1. The number of halogens is 7. The first-order valence-corrected chi connectivity index (χ1v) is 10.6. The van der Waals surface area contributed by atoms with Crippen LogP contribution in [0.25, 0.3) is 0 Å². The monoisotopic (exact) mass is 530 g/mol. The third-order valence-electron chi connectivity index (χ3n) is 4.53. The second-order valence-corrected chi connectivity index (χ2v) is 7.88. The standard InChI is InChI=1S/C21H21F7N2O4S/c1-3-11(6-7-30-32-2)8-13(16-10-29-18(35-16)17(31)21(26,27)28)12-4-5-14(33-19(22)23)15(9-12)34-20(24)25/h3-7,9-10,13,17,19-20,30-31H,8H2,1-2H3/b7-6-,11-3+. The van der Waals surface area contributed by atoms with Gasteiger partial charge in [0.2, 0.25) is 6.10 Å². The number of ether oxygens (including phenoxy) is 2. The van der Waals surface area contributed by atoms with Gasteiger partial charge in [-0.25, -0.2) is 4.98 Å². The van der Waals surface area contributed by atoms with Crippen molar-refractivity contribution in [2.24, 2.45) is 0 Å². The Balaban J connectivity index is 2.54. The molecule has 2 aromatic rings. The summed E-state index contributed by atoms with van der Waals surface area (Å²) >= 11 is 0.573. The third kappa shape index (κ3) is 8.40. The van der Waals surface area contributed by atoms with Crippen molar-refractivity contribution in [3.8, 4) is 11.5 Å². The Morgan fingerprint density at radius 3 is 2.37 bits per heavy atom. The molecule has 2 unspecified atom stereocenters. The first-order valence-electron chi connectivity index (χ1n) is 9.80. The number of alkyl halides is 7. The summed E-state index contributed by atoms with van der Waals surface area (Å²) in [6.45, 7) is -4.97. The highest BCUT2D eigenvalue weighted by Gasteiger charge is 2.41. The zero-order valence-electron chi connectivity index (χ0n) is 18.2. The summed E-state index contributed by atoms with van der Waals surface area (Å²) in [6.07, 6.45) is -1.75. The van der Waals surface area contributed by atoms with Crippen molar-refractivity contribution in [2.75, 3.05) is 7.11 Å². The van der Waals surface area contributed by atoms with Gasteiger partial charge >= 0.3 is 19.4 Å². The van der Waals surface area contributed by atoms with E-state index in [9.17, 15) is 35.8 Å². The highest BCUT2D eigenvalue weighted by Crippen LogP contribution is 2.42. The number of thiazole rings is 1. The SMILES string of the molecule is C/C=C(\C=C/NOC)CC(c1ccc(OC(F)F)c(OC(F)F)c1)c1cnc(C(O)C(F)(F)F)s1. The van der Waals surface area contributed by atoms with E-state index in [1.807, 2.05) is 0 Å². The highest BCUT2D eigenvalue weighted by atomic mass is 32.1. The minimum absolute atomic E-state index is 0.130. The zero-order valence-corrected chi connectivity index (χ0v) is 19.0. The molecule has 35 heavy (non-hydrogen) atoms. The number of hydrogen-bond donors (Lipinski definition) is 2. The molecule has 0 fully saturated rings. The normalized spacial score (nSPS) is 14.6. The van der Waals surface area contributed by atoms with Crippen LogP contribution < -0.4 is 15.0 Å². The summed E-state index contributed by atoms with van der Waals surface area (Å²) in [5.74, 6) is -2.10. The Labute approximate surface area is 199 Å². The molecule has 2 rings (SSSR count). The van der Waals surface area contributed by atoms with Crippen LogP contribution in [0, 0.1) is 0 Å². The Kier molecular flexibility index (Phi) is 10.3. The van der Waals surface area contributed by atoms with Crippen LogP contribution in [0.5, 0.6) is 11.5 Å². The van der Waals surface area contributed by atoms with E-state index in [1.165, 1.54) is 19.4 Å². The molecule has 1 aromatic carbocycles. The van der Waals surface area contributed by atoms with Gasteiger partial charge in [0.15, 0.2) is 11.5 Å². The molecule has 0 saturated heterocycles. The first-order chi connectivity index (χ1) is 16.5. The number of hydrogen-bond acceptors (Lipinski definition) is 7. The van der Waals surface area contributed by atoms with Gasteiger partial charge in [0.25, 0.3) is 0 Å². The van der Waals surface area contributed by atoms with Crippen molar-refractivity contribution in [1.82, 2.24) is 10.5 Å². The number of aliphatic hydroxyl groups is 1. The Bertz CT molecular complexity index is 1010. The van der Waals surface area contributed by atoms with Crippen molar-refractivity contribution in [1.29, 1.82) is 0 Å². The van der Waals surface area contributed by atoms with Crippen molar-refractivity contribution >= 4 is 11.3 Å². The number of aliphatic hydroxyl groups excluding tert-OH is 1. The summed E-state index contributed by atoms with van der Waals surface area (Å²) in [7, 11) is 1.38. The van der Waals surface area contributed by atoms with Crippen LogP contribution in [-0.4, -0.2) is 36.6 Å². The highest BCUT2D eigenvalue weighted by molar-refractivity contribution is 7.11. The molecule has 0 aliphatic heterocycles. The predicted molar refractivity (Wildman–Crippen MR) is 112 cm³/mol. The zero-order chi connectivity index (χ0) is 26.2. The molecule has 0 amide bonds. The molecule has 1 heterocycles. The van der Waals surface area contributed by atoms with Gasteiger partial charge in [-0.05, 0) is 42.7 Å². The van der Waals surface area contributed by atoms with Gasteiger partial charge in [-0.1, -0.05) is 12.1 Å². The van der Waals surface area contributed by atoms with Crippen LogP contribution in [0.1, 0.15) is 40.8 Å². The fourth-order valence-electron chi connectivity index (χ4n) is 2.96. The quantitative estimate of drug-likeness (QED) is 0.197. The van der Waals surface area contributed by atoms with Gasteiger partial charge in [0.1, 0.15) is 5.01 Å². The molecule has 14 heteroatoms. The lowest BCUT2D eigenvalue weighted by Crippen LogP contribution is -2.19. The molecule has 6 nitrogen and oxygen atoms in total. The van der Waals surface area contributed by atoms with E-state index in [0.29, 0.717) is 16.9 Å². The maximum atomic E-state index is 12.9. The van der Waals surface area contributed by atoms with E-state index in [4.69, 9.17) is 4.84 Å². The Morgan fingerprint density at radius 1 is 1.14 bits per heavy atom. The van der Waals surface area contributed by atoms with Crippen molar-refractivity contribution in [3.05, 3.63) is 63.8 Å². The van der Waals surface area contributed by atoms with Crippen molar-refractivity contribution in [3.63, 3.8) is 0 Å². The molecule has 0 radical (unpaired) electrons. The van der Waals surface area contributed by atoms with E-state index < -0.39 is 47.9 Å². The van der Waals surface area contributed by atoms with Crippen LogP contribution in [-0.2, 0) is 4.84 Å². The van der Waals surface area contributed by atoms with E-state index in [0.717, 1.165) is 18.3 Å². The van der Waals surface area contributed by atoms with Gasteiger partial charge in [-0.2, -0.15) is 30.7 Å². The van der Waals surface area contributed by atoms with E-state index in [-0.39, 0.29) is 16.9 Å². The number of allylic oxidation sites excluding steroid dienone is 3. The number of nitrogens with one attached hydrogen (secondary N) is 1. The first kappa shape index (κ1) is 28.4. The lowest BCUT2D eigenvalue weighted by atomic mass is 9.90. The number of rotatable bonds is 12. The predicted octanol–water partition coefficient (Wildman–Crippen LogP) is 6.07. The van der Waals surface area contributed by atoms with Gasteiger partial charge < -0.3 is 14.6 Å². The molecule has 0 aliphatic rings. The van der Waals surface area contributed by atoms with Crippen LogP contribution in [0.15, 0.2) is 48.3 Å². The molecule has 0 bridgehead atoms. The molecule has 1 aromatic heterocycles. The second-order valence-electron chi connectivity index (χ2n) is 6.78. The fraction of sp³-hybridized carbons (Fsp3) is 0.381. The topological polar surface area (TPSA) is 72.8 Å². The molecule has 2 atom stereocenters. The van der Waals surface area contributed by atoms with Gasteiger partial charge in [-0.15, -0.1) is 11.3 Å². The van der Waals surface area contributed by atoms with Crippen LogP contribution in [0.2, 0.25) is 0 Å². The second kappa shape index (κ2) is 12.7. The minimum Gasteiger partial charge on any atom is -0.431 e. The molecule has 0 aliphatic carbocycles. The fourth-order valence-corrected chi connectivity index (χ4v) is 4.02. The Hall–Kier alpha value is -2.84. The molecule has 194 valence electrons. The maximum absolute atomic E-state index is 12.9. The third-order valence-corrected chi connectivity index (χ3v) is 5.69. The molecular formula is C21H21F7N2O4S. The number of aromatic nitrogens is 1. The van der Waals surface area contributed by atoms with E-state index in [2.05, 4.69) is 19.9 Å². The summed E-state index contributed by atoms with van der Waals surface area (Å²) < 4.78 is 98.5. The van der Waals surface area contributed by atoms with Gasteiger partial charge in [0.05, 0.1) is 7.11 Å². The lowest BCUT2D eigenvalue weighted by molar-refractivity contribution is -0.206. The lowest BCUT2D eigenvalue weighted by Gasteiger charge is -2.19. The van der Waals surface area contributed by atoms with Crippen LogP contribution in [0.3, 0.4) is 0 Å².